The van der Waals surface area contributed by atoms with Crippen molar-refractivity contribution in [2.24, 2.45) is 5.10 Å². The number of carbonyl (C=O) groups is 2. The summed E-state index contributed by atoms with van der Waals surface area (Å²) in [5, 5.41) is 7.51. The average molecular weight is 390 g/mol. The maximum absolute atomic E-state index is 11.9. The minimum atomic E-state index is -0.161. The quantitative estimate of drug-likeness (QED) is 0.553. The third-order valence-corrected chi connectivity index (χ3v) is 4.60. The molecule has 0 heterocycles. The number of halogens is 1. The van der Waals surface area contributed by atoms with E-state index in [9.17, 15) is 9.59 Å². The molecule has 2 aromatic rings. The summed E-state index contributed by atoms with van der Waals surface area (Å²) in [5.41, 5.74) is 5.91. The van der Waals surface area contributed by atoms with Crippen molar-refractivity contribution < 1.29 is 9.59 Å². The van der Waals surface area contributed by atoms with Crippen LogP contribution in [0.4, 0.5) is 5.69 Å². The maximum Gasteiger partial charge on any atom is 0.250 e. The SMILES string of the molecule is CC(=O)Nc1ccc(/C(C)=N\NC(=O)CSCc2cccc(Cl)c2)cc1. The Morgan fingerprint density at radius 2 is 1.85 bits per heavy atom. The number of anilines is 1. The topological polar surface area (TPSA) is 70.6 Å². The molecule has 0 atom stereocenters. The molecular formula is C19H20ClN3O2S. The van der Waals surface area contributed by atoms with Crippen LogP contribution >= 0.6 is 23.4 Å². The molecule has 0 bridgehead atoms. The summed E-state index contributed by atoms with van der Waals surface area (Å²) >= 11 is 7.43. The van der Waals surface area contributed by atoms with Crippen molar-refractivity contribution in [1.82, 2.24) is 5.43 Å². The van der Waals surface area contributed by atoms with Gasteiger partial charge in [0.2, 0.25) is 11.8 Å². The summed E-state index contributed by atoms with van der Waals surface area (Å²) in [6.07, 6.45) is 0. The molecule has 26 heavy (non-hydrogen) atoms. The second-order valence-electron chi connectivity index (χ2n) is 5.61. The van der Waals surface area contributed by atoms with Crippen molar-refractivity contribution >= 4 is 46.6 Å². The van der Waals surface area contributed by atoms with Gasteiger partial charge in [0.05, 0.1) is 11.5 Å². The van der Waals surface area contributed by atoms with Crippen LogP contribution in [0.1, 0.15) is 25.0 Å². The zero-order valence-corrected chi connectivity index (χ0v) is 16.2. The van der Waals surface area contributed by atoms with E-state index in [1.54, 1.807) is 12.1 Å². The van der Waals surface area contributed by atoms with Crippen LogP contribution < -0.4 is 10.7 Å². The van der Waals surface area contributed by atoms with Crippen molar-refractivity contribution in [2.75, 3.05) is 11.1 Å². The lowest BCUT2D eigenvalue weighted by atomic mass is 10.1. The van der Waals surface area contributed by atoms with E-state index in [4.69, 9.17) is 11.6 Å². The van der Waals surface area contributed by atoms with Gasteiger partial charge in [0.1, 0.15) is 0 Å². The van der Waals surface area contributed by atoms with E-state index in [1.807, 2.05) is 43.3 Å². The number of carbonyl (C=O) groups excluding carboxylic acids is 2. The largest absolute Gasteiger partial charge is 0.326 e. The molecule has 2 rings (SSSR count). The number of amides is 2. The van der Waals surface area contributed by atoms with Gasteiger partial charge in [-0.15, -0.1) is 11.8 Å². The van der Waals surface area contributed by atoms with Gasteiger partial charge in [-0.1, -0.05) is 35.9 Å². The predicted octanol–water partition coefficient (Wildman–Crippen LogP) is 4.07. The minimum absolute atomic E-state index is 0.120. The van der Waals surface area contributed by atoms with Gasteiger partial charge in [0.15, 0.2) is 0 Å². The van der Waals surface area contributed by atoms with Crippen molar-refractivity contribution in [1.29, 1.82) is 0 Å². The van der Waals surface area contributed by atoms with Gasteiger partial charge >= 0.3 is 0 Å². The highest BCUT2D eigenvalue weighted by Gasteiger charge is 2.03. The molecule has 0 unspecified atom stereocenters. The number of benzene rings is 2. The highest BCUT2D eigenvalue weighted by atomic mass is 35.5. The average Bonchev–Trinajstić information content (AvgIpc) is 2.60. The summed E-state index contributed by atoms with van der Waals surface area (Å²) in [7, 11) is 0. The van der Waals surface area contributed by atoms with Crippen LogP contribution in [0.15, 0.2) is 53.6 Å². The highest BCUT2D eigenvalue weighted by Crippen LogP contribution is 2.16. The lowest BCUT2D eigenvalue weighted by Gasteiger charge is -2.05. The van der Waals surface area contributed by atoms with E-state index >= 15 is 0 Å². The molecule has 0 aliphatic carbocycles. The van der Waals surface area contributed by atoms with Crippen LogP contribution in [0, 0.1) is 0 Å². The zero-order chi connectivity index (χ0) is 18.9. The number of nitrogens with zero attached hydrogens (tertiary/aromatic N) is 1. The molecular weight excluding hydrogens is 370 g/mol. The summed E-state index contributed by atoms with van der Waals surface area (Å²) < 4.78 is 0. The monoisotopic (exact) mass is 389 g/mol. The molecule has 0 saturated heterocycles. The van der Waals surface area contributed by atoms with Crippen molar-refractivity contribution in [3.8, 4) is 0 Å². The number of rotatable bonds is 7. The van der Waals surface area contributed by atoms with Gasteiger partial charge in [0.25, 0.3) is 0 Å². The first-order valence-corrected chi connectivity index (χ1v) is 9.50. The van der Waals surface area contributed by atoms with E-state index in [-0.39, 0.29) is 11.8 Å². The second kappa shape index (κ2) is 9.99. The molecule has 136 valence electrons. The molecule has 0 aromatic heterocycles. The second-order valence-corrected chi connectivity index (χ2v) is 7.04. The van der Waals surface area contributed by atoms with Crippen molar-refractivity contribution in [2.45, 2.75) is 19.6 Å². The van der Waals surface area contributed by atoms with Gasteiger partial charge < -0.3 is 5.32 Å². The van der Waals surface area contributed by atoms with Crippen molar-refractivity contribution in [3.05, 3.63) is 64.7 Å². The molecule has 0 aliphatic rings. The van der Waals surface area contributed by atoms with Gasteiger partial charge in [-0.05, 0) is 42.3 Å². The maximum atomic E-state index is 11.9. The number of thioether (sulfide) groups is 1. The fourth-order valence-corrected chi connectivity index (χ4v) is 3.11. The van der Waals surface area contributed by atoms with Crippen molar-refractivity contribution in [3.63, 3.8) is 0 Å². The van der Waals surface area contributed by atoms with Crippen LogP contribution in [0.3, 0.4) is 0 Å². The van der Waals surface area contributed by atoms with E-state index < -0.39 is 0 Å². The minimum Gasteiger partial charge on any atom is -0.326 e. The third-order valence-electron chi connectivity index (χ3n) is 3.36. The summed E-state index contributed by atoms with van der Waals surface area (Å²) in [6.45, 7) is 3.27. The van der Waals surface area contributed by atoms with E-state index in [1.165, 1.54) is 18.7 Å². The zero-order valence-electron chi connectivity index (χ0n) is 14.6. The normalized spacial score (nSPS) is 11.1. The van der Waals surface area contributed by atoms with Gasteiger partial charge in [-0.3, -0.25) is 9.59 Å². The molecule has 0 fully saturated rings. The molecule has 2 amide bonds. The molecule has 0 aliphatic heterocycles. The Kier molecular flexibility index (Phi) is 7.69. The number of nitrogens with one attached hydrogen (secondary N) is 2. The number of hydrogen-bond acceptors (Lipinski definition) is 4. The first-order chi connectivity index (χ1) is 12.4. The molecule has 5 nitrogen and oxygen atoms in total. The Labute approximate surface area is 162 Å². The smallest absolute Gasteiger partial charge is 0.250 e. The lowest BCUT2D eigenvalue weighted by molar-refractivity contribution is -0.118. The predicted molar refractivity (Wildman–Crippen MR) is 109 cm³/mol. The molecule has 0 spiro atoms. The van der Waals surface area contributed by atoms with Gasteiger partial charge in [-0.25, -0.2) is 5.43 Å². The fraction of sp³-hybridized carbons (Fsp3) is 0.211. The van der Waals surface area contributed by atoms with Gasteiger partial charge in [-0.2, -0.15) is 5.10 Å². The van der Waals surface area contributed by atoms with Crippen LogP contribution in [0.25, 0.3) is 0 Å². The Bertz CT molecular complexity index is 807. The van der Waals surface area contributed by atoms with Crippen LogP contribution in [-0.2, 0) is 15.3 Å². The van der Waals surface area contributed by atoms with Crippen LogP contribution in [-0.4, -0.2) is 23.3 Å². The van der Waals surface area contributed by atoms with Gasteiger partial charge in [0, 0.05) is 23.4 Å². The van der Waals surface area contributed by atoms with Crippen LogP contribution in [0.5, 0.6) is 0 Å². The first-order valence-electron chi connectivity index (χ1n) is 7.97. The standard InChI is InChI=1S/C19H20ClN3O2S/c1-13(16-6-8-18(9-7-16)21-14(2)24)22-23-19(25)12-26-11-15-4-3-5-17(20)10-15/h3-10H,11-12H2,1-2H3,(H,21,24)(H,23,25)/b22-13-. The Morgan fingerprint density at radius 1 is 1.12 bits per heavy atom. The molecule has 2 N–H and O–H groups in total. The Hall–Kier alpha value is -2.31. The Balaban J connectivity index is 1.80. The number of hydrogen-bond donors (Lipinski definition) is 2. The van der Waals surface area contributed by atoms with E-state index in [0.29, 0.717) is 22.2 Å². The third kappa shape index (κ3) is 6.90. The summed E-state index contributed by atoms with van der Waals surface area (Å²) in [6, 6.07) is 14.8. The molecule has 0 saturated carbocycles. The summed E-state index contributed by atoms with van der Waals surface area (Å²) in [4.78, 5) is 22.9. The van der Waals surface area contributed by atoms with Crippen LogP contribution in [0.2, 0.25) is 5.02 Å². The summed E-state index contributed by atoms with van der Waals surface area (Å²) in [5.74, 6) is 0.739. The number of hydrazone groups is 1. The van der Waals surface area contributed by atoms with E-state index in [0.717, 1.165) is 16.8 Å². The Morgan fingerprint density at radius 3 is 2.50 bits per heavy atom. The molecule has 0 radical (unpaired) electrons. The lowest BCUT2D eigenvalue weighted by Crippen LogP contribution is -2.21. The van der Waals surface area contributed by atoms with E-state index in [2.05, 4.69) is 15.8 Å². The first kappa shape index (κ1) is 20.0. The highest BCUT2D eigenvalue weighted by molar-refractivity contribution is 7.99. The molecule has 2 aromatic carbocycles. The fourth-order valence-electron chi connectivity index (χ4n) is 2.13. The molecule has 7 heteroatoms.